The first kappa shape index (κ1) is 24.5. The van der Waals surface area contributed by atoms with Gasteiger partial charge in [-0.2, -0.15) is 0 Å². The summed E-state index contributed by atoms with van der Waals surface area (Å²) >= 11 is 13.9. The van der Waals surface area contributed by atoms with Crippen LogP contribution in [0.25, 0.3) is 0 Å². The molecule has 0 nitrogen and oxygen atoms in total. The molecule has 0 N–H and O–H groups in total. The molecule has 0 heterocycles. The fourth-order valence-corrected chi connectivity index (χ4v) is 5.76. The molecule has 6 rings (SSSR count). The van der Waals surface area contributed by atoms with Gasteiger partial charge in [-0.3, -0.25) is 0 Å². The Bertz CT molecular complexity index is 1030. The van der Waals surface area contributed by atoms with E-state index in [1.165, 1.54) is 35.1 Å². The van der Waals surface area contributed by atoms with Gasteiger partial charge in [0.05, 0.1) is 0 Å². The Morgan fingerprint density at radius 1 is 0.324 bits per heavy atom. The van der Waals surface area contributed by atoms with Gasteiger partial charge in [-0.25, -0.2) is 0 Å². The summed E-state index contributed by atoms with van der Waals surface area (Å²) in [5.41, 5.74) is 5.84. The van der Waals surface area contributed by atoms with Crippen LogP contribution < -0.4 is 0 Å². The third kappa shape index (κ3) is 6.13. The largest absolute Gasteiger partial charge is 0.0576 e. The molecule has 0 amide bonds. The third-order valence-electron chi connectivity index (χ3n) is 6.77. The molecule has 0 bridgehead atoms. The molecule has 2 saturated carbocycles. The highest BCUT2D eigenvalue weighted by atomic mass is 79.9. The zero-order chi connectivity index (χ0) is 23.7. The first-order valence-electron chi connectivity index (χ1n) is 11.5. The zero-order valence-electron chi connectivity index (χ0n) is 18.5. The van der Waals surface area contributed by atoms with Crippen LogP contribution in [0.15, 0.2) is 115 Å². The number of halogens is 4. The summed E-state index contributed by atoms with van der Waals surface area (Å²) in [6.07, 6.45) is 2.56. The second-order valence-corrected chi connectivity index (χ2v) is 12.8. The van der Waals surface area contributed by atoms with Crippen LogP contribution in [0.3, 0.4) is 0 Å². The average Bonchev–Trinajstić information content (AvgIpc) is 3.76. The quantitative estimate of drug-likeness (QED) is 0.198. The van der Waals surface area contributed by atoms with Gasteiger partial charge in [0.2, 0.25) is 0 Å². The lowest BCUT2D eigenvalue weighted by Gasteiger charge is -2.02. The monoisotopic (exact) mass is 700 g/mol. The zero-order valence-corrected chi connectivity index (χ0v) is 24.8. The van der Waals surface area contributed by atoms with Crippen molar-refractivity contribution >= 4 is 63.7 Å². The maximum absolute atomic E-state index is 3.48. The average molecular weight is 704 g/mol. The predicted octanol–water partition coefficient (Wildman–Crippen LogP) is 11.0. The van der Waals surface area contributed by atoms with E-state index >= 15 is 0 Å². The van der Waals surface area contributed by atoms with Crippen LogP contribution in [0.2, 0.25) is 0 Å². The maximum atomic E-state index is 3.48. The van der Waals surface area contributed by atoms with E-state index in [-0.39, 0.29) is 0 Å². The summed E-state index contributed by atoms with van der Waals surface area (Å²) in [6, 6.07) is 34.9. The molecule has 0 saturated heterocycles. The summed E-state index contributed by atoms with van der Waals surface area (Å²) in [5, 5.41) is 0. The Balaban J connectivity index is 0.000000142. The highest BCUT2D eigenvalue weighted by Gasteiger charge is 2.39. The molecule has 4 atom stereocenters. The molecule has 4 aromatic rings. The Kier molecular flexibility index (Phi) is 7.79. The molecule has 2 fully saturated rings. The van der Waals surface area contributed by atoms with Gasteiger partial charge in [-0.15, -0.1) is 0 Å². The minimum absolute atomic E-state index is 0.712. The van der Waals surface area contributed by atoms with Crippen molar-refractivity contribution in [3.05, 3.63) is 137 Å². The highest BCUT2D eigenvalue weighted by Crippen LogP contribution is 2.55. The van der Waals surface area contributed by atoms with E-state index in [1.807, 2.05) is 0 Å². The van der Waals surface area contributed by atoms with E-state index in [0.29, 0.717) is 23.7 Å². The van der Waals surface area contributed by atoms with Crippen LogP contribution in [0.4, 0.5) is 0 Å². The first-order chi connectivity index (χ1) is 16.5. The summed E-state index contributed by atoms with van der Waals surface area (Å²) in [6.45, 7) is 0. The third-order valence-corrected chi connectivity index (χ3v) is 8.89. The van der Waals surface area contributed by atoms with Crippen LogP contribution in [0.5, 0.6) is 0 Å². The highest BCUT2D eigenvalue weighted by molar-refractivity contribution is 9.11. The molecule has 4 aromatic carbocycles. The van der Waals surface area contributed by atoms with Gasteiger partial charge < -0.3 is 0 Å². The van der Waals surface area contributed by atoms with Crippen molar-refractivity contribution in [2.45, 2.75) is 36.5 Å². The summed E-state index contributed by atoms with van der Waals surface area (Å²) in [5.74, 6) is 2.85. The van der Waals surface area contributed by atoms with Gasteiger partial charge in [0.1, 0.15) is 0 Å². The number of rotatable bonds is 4. The predicted molar refractivity (Wildman–Crippen MR) is 157 cm³/mol. The lowest BCUT2D eigenvalue weighted by Crippen LogP contribution is -1.84. The molecule has 0 aliphatic heterocycles. The smallest absolute Gasteiger partial charge is 0.0175 e. The molecule has 2 aliphatic rings. The minimum atomic E-state index is 0.712. The fraction of sp³-hybridized carbons (Fsp3) is 0.200. The molecule has 2 aliphatic carbocycles. The van der Waals surface area contributed by atoms with Gasteiger partial charge in [0, 0.05) is 17.9 Å². The molecule has 0 unspecified atom stereocenters. The summed E-state index contributed by atoms with van der Waals surface area (Å²) in [7, 11) is 0. The van der Waals surface area contributed by atoms with E-state index in [2.05, 4.69) is 161 Å². The lowest BCUT2D eigenvalue weighted by atomic mass is 10.0. The normalized spacial score (nSPS) is 22.5. The van der Waals surface area contributed by atoms with E-state index in [9.17, 15) is 0 Å². The lowest BCUT2D eigenvalue weighted by molar-refractivity contribution is 1.03. The van der Waals surface area contributed by atoms with E-state index in [0.717, 1.165) is 17.9 Å². The van der Waals surface area contributed by atoms with E-state index in [1.54, 1.807) is 0 Å². The topological polar surface area (TPSA) is 0 Å². The van der Waals surface area contributed by atoms with Gasteiger partial charge >= 0.3 is 0 Å². The Hall–Kier alpha value is -1.20. The summed E-state index contributed by atoms with van der Waals surface area (Å²) < 4.78 is 4.62. The van der Waals surface area contributed by atoms with Crippen molar-refractivity contribution < 1.29 is 0 Å². The maximum Gasteiger partial charge on any atom is 0.0175 e. The number of benzene rings is 4. The van der Waals surface area contributed by atoms with Gasteiger partial charge in [-0.05, 0) is 107 Å². The van der Waals surface area contributed by atoms with Crippen molar-refractivity contribution in [2.75, 3.05) is 0 Å². The van der Waals surface area contributed by atoms with E-state index < -0.39 is 0 Å². The molecule has 0 radical (unpaired) electrons. The van der Waals surface area contributed by atoms with Crippen LogP contribution in [0, 0.1) is 0 Å². The Labute approximate surface area is 235 Å². The Morgan fingerprint density at radius 2 is 0.500 bits per heavy atom. The molecule has 0 aromatic heterocycles. The summed E-state index contributed by atoms with van der Waals surface area (Å²) in [4.78, 5) is 0. The van der Waals surface area contributed by atoms with Crippen molar-refractivity contribution in [1.82, 2.24) is 0 Å². The molecule has 172 valence electrons. The van der Waals surface area contributed by atoms with Crippen LogP contribution in [-0.4, -0.2) is 0 Å². The van der Waals surface area contributed by atoms with Crippen molar-refractivity contribution in [3.63, 3.8) is 0 Å². The second-order valence-electron chi connectivity index (χ2n) is 9.10. The number of hydrogen-bond donors (Lipinski definition) is 0. The Morgan fingerprint density at radius 3 is 0.676 bits per heavy atom. The van der Waals surface area contributed by atoms with Gasteiger partial charge in [0.15, 0.2) is 0 Å². The van der Waals surface area contributed by atoms with Crippen molar-refractivity contribution in [3.8, 4) is 0 Å². The van der Waals surface area contributed by atoms with Crippen molar-refractivity contribution in [1.29, 1.82) is 0 Å². The molecular formula is C30H24Br4. The SMILES string of the molecule is Brc1ccc([C@@H]2C[C@H]2c2ccc(Br)cc2)cc1.Brc1ccc([C@H]2C[C@@H]2c2ccc(Br)cc2)cc1. The van der Waals surface area contributed by atoms with Crippen molar-refractivity contribution in [2.24, 2.45) is 0 Å². The molecular weight excluding hydrogens is 680 g/mol. The molecule has 0 spiro atoms. The fourth-order valence-electron chi connectivity index (χ4n) is 4.70. The van der Waals surface area contributed by atoms with Crippen LogP contribution >= 0.6 is 63.7 Å². The van der Waals surface area contributed by atoms with Crippen LogP contribution in [0.1, 0.15) is 58.8 Å². The van der Waals surface area contributed by atoms with E-state index in [4.69, 9.17) is 0 Å². The van der Waals surface area contributed by atoms with Gasteiger partial charge in [-0.1, -0.05) is 112 Å². The second kappa shape index (κ2) is 10.8. The first-order valence-corrected chi connectivity index (χ1v) is 14.7. The molecule has 34 heavy (non-hydrogen) atoms. The standard InChI is InChI=1S/2C15H12Br2/c2*16-12-5-1-10(2-6-12)14-9-15(14)11-3-7-13(17)8-4-11/h2*1-8,14-15H,9H2/t2*14-,15-/m10/s1. The van der Waals surface area contributed by atoms with Gasteiger partial charge in [0.25, 0.3) is 0 Å². The molecule has 4 heteroatoms. The van der Waals surface area contributed by atoms with Crippen LogP contribution in [-0.2, 0) is 0 Å². The minimum Gasteiger partial charge on any atom is -0.0576 e. The number of hydrogen-bond acceptors (Lipinski definition) is 0.